The van der Waals surface area contributed by atoms with Crippen molar-refractivity contribution in [2.75, 3.05) is 6.61 Å². The maximum atomic E-state index is 12.6. The van der Waals surface area contributed by atoms with Crippen molar-refractivity contribution in [3.8, 4) is 28.8 Å². The number of fused-ring (bicyclic) bond motifs is 3. The molecule has 0 spiro atoms. The maximum absolute atomic E-state index is 12.6. The van der Waals surface area contributed by atoms with Gasteiger partial charge >= 0.3 is 6.36 Å². The quantitative estimate of drug-likeness (QED) is 0.678. The van der Waals surface area contributed by atoms with Gasteiger partial charge in [-0.15, -0.1) is 13.2 Å². The molecular formula is C14H8BrClF3N3O2. The molecule has 5 nitrogen and oxygen atoms in total. The molecule has 24 heavy (non-hydrogen) atoms. The summed E-state index contributed by atoms with van der Waals surface area (Å²) in [5, 5.41) is 13.5. The minimum absolute atomic E-state index is 0.0789. The molecule has 0 N–H and O–H groups in total. The first-order chi connectivity index (χ1) is 11.3. The molecular weight excluding hydrogens is 415 g/mol. The second-order valence-electron chi connectivity index (χ2n) is 4.86. The first-order valence-corrected chi connectivity index (χ1v) is 7.85. The lowest BCUT2D eigenvalue weighted by Crippen LogP contribution is -2.19. The van der Waals surface area contributed by atoms with Crippen molar-refractivity contribution in [1.82, 2.24) is 9.78 Å². The number of aryl methyl sites for hydroxylation is 1. The van der Waals surface area contributed by atoms with Crippen LogP contribution in [-0.2, 0) is 6.54 Å². The molecule has 126 valence electrons. The number of alkyl halides is 3. The minimum Gasteiger partial charge on any atom is -0.491 e. The second-order valence-corrected chi connectivity index (χ2v) is 6.12. The second kappa shape index (κ2) is 6.18. The van der Waals surface area contributed by atoms with Gasteiger partial charge in [0.25, 0.3) is 0 Å². The molecule has 10 heteroatoms. The van der Waals surface area contributed by atoms with Crippen LogP contribution in [0.2, 0.25) is 5.02 Å². The average Bonchev–Trinajstić information content (AvgIpc) is 2.80. The highest BCUT2D eigenvalue weighted by molar-refractivity contribution is 9.10. The van der Waals surface area contributed by atoms with Crippen LogP contribution in [0.4, 0.5) is 13.2 Å². The SMILES string of the molecule is N#Cc1c(OC(F)(F)F)cc(Cl)c2c1-c1c(Br)cnn1CCCO2. The molecule has 2 heterocycles. The predicted octanol–water partition coefficient (Wildman–Crippen LogP) is 4.52. The molecule has 0 fully saturated rings. The molecule has 1 aliphatic heterocycles. The number of nitriles is 1. The molecule has 0 aliphatic carbocycles. The summed E-state index contributed by atoms with van der Waals surface area (Å²) >= 11 is 9.39. The Balaban J connectivity index is 2.34. The lowest BCUT2D eigenvalue weighted by Gasteiger charge is -2.21. The van der Waals surface area contributed by atoms with Crippen LogP contribution in [0.5, 0.6) is 11.5 Å². The molecule has 0 saturated heterocycles. The van der Waals surface area contributed by atoms with Crippen LogP contribution in [-0.4, -0.2) is 22.7 Å². The van der Waals surface area contributed by atoms with E-state index in [4.69, 9.17) is 16.3 Å². The molecule has 1 aromatic heterocycles. The first-order valence-electron chi connectivity index (χ1n) is 6.68. The van der Waals surface area contributed by atoms with E-state index in [9.17, 15) is 18.4 Å². The summed E-state index contributed by atoms with van der Waals surface area (Å²) in [7, 11) is 0. The van der Waals surface area contributed by atoms with Gasteiger partial charge < -0.3 is 9.47 Å². The van der Waals surface area contributed by atoms with E-state index >= 15 is 0 Å². The van der Waals surface area contributed by atoms with Crippen LogP contribution < -0.4 is 9.47 Å². The van der Waals surface area contributed by atoms with E-state index in [1.165, 1.54) is 6.20 Å². The topological polar surface area (TPSA) is 60.1 Å². The van der Waals surface area contributed by atoms with Crippen molar-refractivity contribution >= 4 is 27.5 Å². The molecule has 0 unspecified atom stereocenters. The monoisotopic (exact) mass is 421 g/mol. The van der Waals surface area contributed by atoms with Crippen molar-refractivity contribution in [3.05, 3.63) is 27.3 Å². The Labute approximate surface area is 147 Å². The zero-order chi connectivity index (χ0) is 17.5. The fourth-order valence-corrected chi connectivity index (χ4v) is 3.20. The molecule has 0 bridgehead atoms. The van der Waals surface area contributed by atoms with Gasteiger partial charge in [0.05, 0.1) is 33.6 Å². The number of benzene rings is 1. The lowest BCUT2D eigenvalue weighted by molar-refractivity contribution is -0.274. The molecule has 2 aromatic rings. The fraction of sp³-hybridized carbons (Fsp3) is 0.286. The molecule has 0 radical (unpaired) electrons. The van der Waals surface area contributed by atoms with Crippen LogP contribution in [0.15, 0.2) is 16.7 Å². The van der Waals surface area contributed by atoms with Gasteiger partial charge in [0.1, 0.15) is 23.1 Å². The van der Waals surface area contributed by atoms with Crippen LogP contribution >= 0.6 is 27.5 Å². The molecule has 0 saturated carbocycles. The Morgan fingerprint density at radius 2 is 2.21 bits per heavy atom. The molecule has 0 amide bonds. The van der Waals surface area contributed by atoms with Crippen LogP contribution in [0, 0.1) is 11.3 Å². The van der Waals surface area contributed by atoms with Gasteiger partial charge in [0.15, 0.2) is 0 Å². The Morgan fingerprint density at radius 3 is 2.88 bits per heavy atom. The van der Waals surface area contributed by atoms with E-state index in [1.54, 1.807) is 10.8 Å². The van der Waals surface area contributed by atoms with Gasteiger partial charge in [0, 0.05) is 19.0 Å². The van der Waals surface area contributed by atoms with E-state index in [1.807, 2.05) is 0 Å². The standard InChI is InChI=1S/C14H8BrClF3N3O2/c15-8-6-21-22-2-1-3-23-13-9(16)4-10(24-14(17,18)19)7(5-20)11(13)12(8)22/h4,6H,1-3H2. The number of rotatable bonds is 1. The lowest BCUT2D eigenvalue weighted by atomic mass is 10.0. The first kappa shape index (κ1) is 16.9. The van der Waals surface area contributed by atoms with Gasteiger partial charge in [-0.05, 0) is 15.9 Å². The number of ether oxygens (including phenoxy) is 2. The Morgan fingerprint density at radius 1 is 1.46 bits per heavy atom. The van der Waals surface area contributed by atoms with Crippen molar-refractivity contribution in [3.63, 3.8) is 0 Å². The van der Waals surface area contributed by atoms with Gasteiger partial charge in [-0.2, -0.15) is 10.4 Å². The smallest absolute Gasteiger partial charge is 0.491 e. The molecule has 1 aromatic carbocycles. The zero-order valence-corrected chi connectivity index (χ0v) is 14.2. The zero-order valence-electron chi connectivity index (χ0n) is 11.8. The number of aromatic nitrogens is 2. The Bertz CT molecular complexity index is 845. The summed E-state index contributed by atoms with van der Waals surface area (Å²) in [6.07, 6.45) is -2.83. The predicted molar refractivity (Wildman–Crippen MR) is 81.9 cm³/mol. The highest BCUT2D eigenvalue weighted by Crippen LogP contribution is 2.47. The third-order valence-electron chi connectivity index (χ3n) is 3.33. The van der Waals surface area contributed by atoms with Crippen LogP contribution in [0.1, 0.15) is 12.0 Å². The number of nitrogens with zero attached hydrogens (tertiary/aromatic N) is 3. The summed E-state index contributed by atoms with van der Waals surface area (Å²) in [6, 6.07) is 2.69. The average molecular weight is 423 g/mol. The maximum Gasteiger partial charge on any atom is 0.573 e. The summed E-state index contributed by atoms with van der Waals surface area (Å²) in [6.45, 7) is 0.765. The third-order valence-corrected chi connectivity index (χ3v) is 4.19. The minimum atomic E-state index is -4.96. The molecule has 1 aliphatic rings. The van der Waals surface area contributed by atoms with Crippen LogP contribution in [0.25, 0.3) is 11.3 Å². The normalized spacial score (nSPS) is 13.8. The van der Waals surface area contributed by atoms with E-state index in [0.717, 1.165) is 6.07 Å². The van der Waals surface area contributed by atoms with E-state index in [-0.39, 0.29) is 28.5 Å². The highest BCUT2D eigenvalue weighted by Gasteiger charge is 2.35. The molecule has 0 atom stereocenters. The van der Waals surface area contributed by atoms with Crippen molar-refractivity contribution < 1.29 is 22.6 Å². The Kier molecular flexibility index (Phi) is 4.36. The highest BCUT2D eigenvalue weighted by atomic mass is 79.9. The van der Waals surface area contributed by atoms with Crippen LogP contribution in [0.3, 0.4) is 0 Å². The van der Waals surface area contributed by atoms with E-state index in [0.29, 0.717) is 23.1 Å². The summed E-state index contributed by atoms with van der Waals surface area (Å²) in [5.41, 5.74) is 0.208. The number of halogens is 5. The Hall–Kier alpha value is -1.92. The number of hydrogen-bond acceptors (Lipinski definition) is 4. The third kappa shape index (κ3) is 3.03. The largest absolute Gasteiger partial charge is 0.573 e. The molecule has 3 rings (SSSR count). The van der Waals surface area contributed by atoms with E-state index in [2.05, 4.69) is 25.8 Å². The van der Waals surface area contributed by atoms with Gasteiger partial charge in [0.2, 0.25) is 0 Å². The van der Waals surface area contributed by atoms with E-state index < -0.39 is 12.1 Å². The summed E-state index contributed by atoms with van der Waals surface area (Å²) in [4.78, 5) is 0. The van der Waals surface area contributed by atoms with Crippen molar-refractivity contribution in [2.45, 2.75) is 19.3 Å². The van der Waals surface area contributed by atoms with Gasteiger partial charge in [-0.3, -0.25) is 4.68 Å². The van der Waals surface area contributed by atoms with Crippen molar-refractivity contribution in [2.24, 2.45) is 0 Å². The number of hydrogen-bond donors (Lipinski definition) is 0. The van der Waals surface area contributed by atoms with Gasteiger partial charge in [-0.25, -0.2) is 0 Å². The summed E-state index contributed by atoms with van der Waals surface area (Å²) < 4.78 is 49.6. The fourth-order valence-electron chi connectivity index (χ4n) is 2.46. The summed E-state index contributed by atoms with van der Waals surface area (Å²) in [5.74, 6) is -0.553. The van der Waals surface area contributed by atoms with Gasteiger partial charge in [-0.1, -0.05) is 11.6 Å². The van der Waals surface area contributed by atoms with Crippen molar-refractivity contribution in [1.29, 1.82) is 5.26 Å².